The molecule has 0 radical (unpaired) electrons. The lowest BCUT2D eigenvalue weighted by Gasteiger charge is -2.10. The monoisotopic (exact) mass is 262 g/mol. The Bertz CT molecular complexity index is 397. The van der Waals surface area contributed by atoms with Crippen molar-refractivity contribution in [3.05, 3.63) is 27.7 Å². The topological polar surface area (TPSA) is 64.3 Å². The first-order valence-corrected chi connectivity index (χ1v) is 5.37. The molecule has 1 rings (SSSR count). The van der Waals surface area contributed by atoms with Gasteiger partial charge in [-0.05, 0) is 12.1 Å². The minimum atomic E-state index is -0.313. The van der Waals surface area contributed by atoms with Crippen molar-refractivity contribution in [1.29, 1.82) is 0 Å². The zero-order valence-corrected chi connectivity index (χ0v) is 10.2. The van der Waals surface area contributed by atoms with E-state index in [1.54, 1.807) is 0 Å². The summed E-state index contributed by atoms with van der Waals surface area (Å²) in [5, 5.41) is 3.29. The summed E-state index contributed by atoms with van der Waals surface area (Å²) in [7, 11) is 1.44. The van der Waals surface area contributed by atoms with Gasteiger partial charge in [0.05, 0.1) is 17.7 Å². The van der Waals surface area contributed by atoms with E-state index < -0.39 is 0 Å². The largest absolute Gasteiger partial charge is 0.494 e. The molecule has 0 fully saturated rings. The third-order valence-electron chi connectivity index (χ3n) is 1.89. The van der Waals surface area contributed by atoms with Crippen LogP contribution in [0.25, 0.3) is 0 Å². The van der Waals surface area contributed by atoms with E-state index in [4.69, 9.17) is 33.7 Å². The molecule has 0 aliphatic heterocycles. The van der Waals surface area contributed by atoms with Crippen LogP contribution in [0.1, 0.15) is 10.4 Å². The van der Waals surface area contributed by atoms with Crippen molar-refractivity contribution >= 4 is 29.1 Å². The van der Waals surface area contributed by atoms with Crippen LogP contribution in [0.4, 0.5) is 0 Å². The number of carbonyl (C=O) groups is 1. The first kappa shape index (κ1) is 13.1. The number of hydrogen-bond acceptors (Lipinski definition) is 3. The second kappa shape index (κ2) is 5.94. The molecule has 0 heterocycles. The van der Waals surface area contributed by atoms with E-state index in [1.165, 1.54) is 19.2 Å². The Kier molecular flexibility index (Phi) is 4.86. The fourth-order valence-electron chi connectivity index (χ4n) is 1.22. The van der Waals surface area contributed by atoms with Crippen molar-refractivity contribution in [2.24, 2.45) is 5.73 Å². The van der Waals surface area contributed by atoms with Crippen molar-refractivity contribution in [2.75, 3.05) is 20.2 Å². The van der Waals surface area contributed by atoms with Gasteiger partial charge in [-0.2, -0.15) is 0 Å². The molecule has 0 aromatic heterocycles. The minimum absolute atomic E-state index is 0.299. The highest BCUT2D eigenvalue weighted by molar-refractivity contribution is 6.36. The van der Waals surface area contributed by atoms with Gasteiger partial charge in [-0.25, -0.2) is 0 Å². The Hall–Kier alpha value is -0.970. The Labute approximate surface area is 104 Å². The van der Waals surface area contributed by atoms with E-state index in [0.29, 0.717) is 34.4 Å². The lowest BCUT2D eigenvalue weighted by molar-refractivity contribution is 0.0951. The number of nitrogens with two attached hydrogens (primary N) is 1. The molecule has 1 aromatic carbocycles. The maximum Gasteiger partial charge on any atom is 0.255 e. The summed E-state index contributed by atoms with van der Waals surface area (Å²) in [4.78, 5) is 11.7. The summed E-state index contributed by atoms with van der Waals surface area (Å²) in [6.07, 6.45) is 0. The van der Waals surface area contributed by atoms with E-state index in [9.17, 15) is 4.79 Å². The van der Waals surface area contributed by atoms with Crippen LogP contribution in [0.3, 0.4) is 0 Å². The molecule has 0 bridgehead atoms. The van der Waals surface area contributed by atoms with Gasteiger partial charge >= 0.3 is 0 Å². The molecule has 0 aliphatic rings. The van der Waals surface area contributed by atoms with Gasteiger partial charge in [0.25, 0.3) is 5.91 Å². The second-order valence-corrected chi connectivity index (χ2v) is 3.86. The summed E-state index contributed by atoms with van der Waals surface area (Å²) in [5.74, 6) is -0.00714. The third kappa shape index (κ3) is 3.01. The first-order chi connectivity index (χ1) is 7.60. The molecule has 1 aromatic rings. The Balaban J connectivity index is 3.05. The maximum absolute atomic E-state index is 11.7. The van der Waals surface area contributed by atoms with Crippen molar-refractivity contribution in [2.45, 2.75) is 0 Å². The molecule has 0 saturated heterocycles. The molecule has 1 amide bonds. The molecule has 0 atom stereocenters. The van der Waals surface area contributed by atoms with Crippen molar-refractivity contribution < 1.29 is 9.53 Å². The zero-order valence-electron chi connectivity index (χ0n) is 8.72. The molecule has 3 N–H and O–H groups in total. The van der Waals surface area contributed by atoms with Gasteiger partial charge in [0.2, 0.25) is 0 Å². The molecule has 6 heteroatoms. The van der Waals surface area contributed by atoms with E-state index in [1.807, 2.05) is 0 Å². The first-order valence-electron chi connectivity index (χ1n) is 4.61. The van der Waals surface area contributed by atoms with E-state index in [0.717, 1.165) is 0 Å². The molecule has 0 unspecified atom stereocenters. The predicted molar refractivity (Wildman–Crippen MR) is 64.4 cm³/mol. The molecule has 0 spiro atoms. The molecule has 0 saturated carbocycles. The van der Waals surface area contributed by atoms with Crippen LogP contribution in [-0.4, -0.2) is 26.1 Å². The Morgan fingerprint density at radius 1 is 1.50 bits per heavy atom. The smallest absolute Gasteiger partial charge is 0.255 e. The quantitative estimate of drug-likeness (QED) is 0.868. The van der Waals surface area contributed by atoms with Crippen LogP contribution >= 0.6 is 23.2 Å². The van der Waals surface area contributed by atoms with Gasteiger partial charge in [-0.1, -0.05) is 23.2 Å². The van der Waals surface area contributed by atoms with Crippen LogP contribution in [0.2, 0.25) is 10.0 Å². The lowest BCUT2D eigenvalue weighted by Crippen LogP contribution is -2.29. The van der Waals surface area contributed by atoms with Crippen molar-refractivity contribution in [1.82, 2.24) is 5.32 Å². The Morgan fingerprint density at radius 2 is 2.19 bits per heavy atom. The van der Waals surface area contributed by atoms with Gasteiger partial charge < -0.3 is 15.8 Å². The Morgan fingerprint density at radius 3 is 2.75 bits per heavy atom. The number of halogens is 2. The van der Waals surface area contributed by atoms with E-state index >= 15 is 0 Å². The SMILES string of the molecule is COc1c(Cl)cc(Cl)cc1C(=O)NCCN. The van der Waals surface area contributed by atoms with Gasteiger partial charge in [0.15, 0.2) is 0 Å². The fourth-order valence-corrected chi connectivity index (χ4v) is 1.79. The van der Waals surface area contributed by atoms with Gasteiger partial charge in [0.1, 0.15) is 5.75 Å². The fraction of sp³-hybridized carbons (Fsp3) is 0.300. The van der Waals surface area contributed by atoms with Crippen LogP contribution < -0.4 is 15.8 Å². The van der Waals surface area contributed by atoms with Gasteiger partial charge in [0, 0.05) is 18.1 Å². The average Bonchev–Trinajstić information content (AvgIpc) is 2.24. The predicted octanol–water partition coefficient (Wildman–Crippen LogP) is 1.69. The number of benzene rings is 1. The molecule has 88 valence electrons. The van der Waals surface area contributed by atoms with Crippen molar-refractivity contribution in [3.8, 4) is 5.75 Å². The van der Waals surface area contributed by atoms with Crippen molar-refractivity contribution in [3.63, 3.8) is 0 Å². The second-order valence-electron chi connectivity index (χ2n) is 3.01. The lowest BCUT2D eigenvalue weighted by atomic mass is 10.2. The van der Waals surface area contributed by atoms with E-state index in [2.05, 4.69) is 5.32 Å². The van der Waals surface area contributed by atoms with Crippen LogP contribution in [0, 0.1) is 0 Å². The number of methoxy groups -OCH3 is 1. The molecular formula is C10H12Cl2N2O2. The van der Waals surface area contributed by atoms with Crippen LogP contribution in [0.5, 0.6) is 5.75 Å². The number of nitrogens with one attached hydrogen (secondary N) is 1. The molecule has 4 nitrogen and oxygen atoms in total. The van der Waals surface area contributed by atoms with Gasteiger partial charge in [-0.15, -0.1) is 0 Å². The highest BCUT2D eigenvalue weighted by Gasteiger charge is 2.15. The summed E-state index contributed by atoms with van der Waals surface area (Å²) in [6.45, 7) is 0.745. The number of carbonyl (C=O) groups excluding carboxylic acids is 1. The van der Waals surface area contributed by atoms with E-state index in [-0.39, 0.29) is 5.91 Å². The normalized spacial score (nSPS) is 10.0. The number of amides is 1. The van der Waals surface area contributed by atoms with Crippen LogP contribution in [0.15, 0.2) is 12.1 Å². The molecule has 0 aliphatic carbocycles. The molecule has 16 heavy (non-hydrogen) atoms. The highest BCUT2D eigenvalue weighted by atomic mass is 35.5. The summed E-state index contributed by atoms with van der Waals surface area (Å²) in [6, 6.07) is 3.01. The van der Waals surface area contributed by atoms with Gasteiger partial charge in [-0.3, -0.25) is 4.79 Å². The number of rotatable bonds is 4. The summed E-state index contributed by atoms with van der Waals surface area (Å²) in [5.41, 5.74) is 5.59. The standard InChI is InChI=1S/C10H12Cl2N2O2/c1-16-9-7(10(15)14-3-2-13)4-6(11)5-8(9)12/h4-5H,2-3,13H2,1H3,(H,14,15). The third-order valence-corrected chi connectivity index (χ3v) is 2.39. The average molecular weight is 263 g/mol. The number of ether oxygens (including phenoxy) is 1. The number of hydrogen-bond donors (Lipinski definition) is 2. The highest BCUT2D eigenvalue weighted by Crippen LogP contribution is 2.31. The minimum Gasteiger partial charge on any atom is -0.494 e. The summed E-state index contributed by atoms with van der Waals surface area (Å²) >= 11 is 11.7. The zero-order chi connectivity index (χ0) is 12.1. The summed E-state index contributed by atoms with van der Waals surface area (Å²) < 4.78 is 5.05. The molecular weight excluding hydrogens is 251 g/mol. The maximum atomic E-state index is 11.7. The van der Waals surface area contributed by atoms with Crippen LogP contribution in [-0.2, 0) is 0 Å².